The lowest BCUT2D eigenvalue weighted by Crippen LogP contribution is -2.30. The molecule has 2 rings (SSSR count). The van der Waals surface area contributed by atoms with Crippen LogP contribution in [0, 0.1) is 6.92 Å². The molecule has 2 aromatic carbocycles. The summed E-state index contributed by atoms with van der Waals surface area (Å²) < 4.78 is 37.8. The third kappa shape index (κ3) is 5.33. The van der Waals surface area contributed by atoms with E-state index < -0.39 is 10.0 Å². The molecular formula is C18H23NO4S. The maximum Gasteiger partial charge on any atom is 0.215 e. The maximum atomic E-state index is 12.3. The van der Waals surface area contributed by atoms with Gasteiger partial charge in [-0.15, -0.1) is 0 Å². The standard InChI is InChI=1S/C18H23NO4S/c1-14-6-4-7-15(10-14)13-24(20,21)19-12-18(23-3)16-8-5-9-17(11-16)22-2/h4-11,18-19H,12-13H2,1-3H3/t18-/m0/s1. The summed E-state index contributed by atoms with van der Waals surface area (Å²) in [6.45, 7) is 2.10. The maximum absolute atomic E-state index is 12.3. The van der Waals surface area contributed by atoms with E-state index in [1.165, 1.54) is 0 Å². The van der Waals surface area contributed by atoms with Crippen molar-refractivity contribution in [2.24, 2.45) is 0 Å². The van der Waals surface area contributed by atoms with Crippen LogP contribution in [0.25, 0.3) is 0 Å². The highest BCUT2D eigenvalue weighted by atomic mass is 32.2. The monoisotopic (exact) mass is 349 g/mol. The molecule has 0 amide bonds. The highest BCUT2D eigenvalue weighted by Crippen LogP contribution is 2.21. The lowest BCUT2D eigenvalue weighted by Gasteiger charge is -2.17. The molecule has 0 fully saturated rings. The van der Waals surface area contributed by atoms with Crippen LogP contribution >= 0.6 is 0 Å². The number of hydrogen-bond donors (Lipinski definition) is 1. The van der Waals surface area contributed by atoms with Crippen LogP contribution in [0.3, 0.4) is 0 Å². The van der Waals surface area contributed by atoms with Crippen LogP contribution in [0.1, 0.15) is 22.8 Å². The molecule has 0 heterocycles. The number of hydrogen-bond acceptors (Lipinski definition) is 4. The van der Waals surface area contributed by atoms with Crippen LogP contribution in [-0.2, 0) is 20.5 Å². The molecule has 0 bridgehead atoms. The normalized spacial score (nSPS) is 12.8. The molecule has 5 nitrogen and oxygen atoms in total. The molecule has 0 saturated carbocycles. The third-order valence-electron chi connectivity index (χ3n) is 3.68. The quantitative estimate of drug-likeness (QED) is 0.796. The lowest BCUT2D eigenvalue weighted by atomic mass is 10.1. The van der Waals surface area contributed by atoms with Crippen molar-refractivity contribution in [2.75, 3.05) is 20.8 Å². The second-order valence-corrected chi connectivity index (χ2v) is 7.40. The lowest BCUT2D eigenvalue weighted by molar-refractivity contribution is 0.107. The summed E-state index contributed by atoms with van der Waals surface area (Å²) in [5.41, 5.74) is 2.65. The highest BCUT2D eigenvalue weighted by molar-refractivity contribution is 7.88. The average Bonchev–Trinajstić information content (AvgIpc) is 2.55. The second kappa shape index (κ2) is 8.28. The zero-order valence-corrected chi connectivity index (χ0v) is 15.0. The molecule has 0 aromatic heterocycles. The van der Waals surface area contributed by atoms with Crippen molar-refractivity contribution in [3.05, 3.63) is 65.2 Å². The summed E-state index contributed by atoms with van der Waals surface area (Å²) in [5.74, 6) is 0.653. The Bertz CT molecular complexity index is 774. The van der Waals surface area contributed by atoms with Crippen molar-refractivity contribution in [3.8, 4) is 5.75 Å². The fourth-order valence-electron chi connectivity index (χ4n) is 2.45. The van der Waals surface area contributed by atoms with Gasteiger partial charge in [0.15, 0.2) is 0 Å². The molecular weight excluding hydrogens is 326 g/mol. The van der Waals surface area contributed by atoms with Gasteiger partial charge in [0.1, 0.15) is 5.75 Å². The number of ether oxygens (including phenoxy) is 2. The van der Waals surface area contributed by atoms with Gasteiger partial charge >= 0.3 is 0 Å². The Hall–Kier alpha value is -1.89. The van der Waals surface area contributed by atoms with E-state index in [0.29, 0.717) is 5.75 Å². The van der Waals surface area contributed by atoms with E-state index in [4.69, 9.17) is 9.47 Å². The Morgan fingerprint density at radius 3 is 2.50 bits per heavy atom. The first-order valence-electron chi connectivity index (χ1n) is 7.63. The SMILES string of the molecule is COc1cccc([C@H](CNS(=O)(=O)Cc2cccc(C)c2)OC)c1. The number of methoxy groups -OCH3 is 2. The van der Waals surface area contributed by atoms with Crippen molar-refractivity contribution in [3.63, 3.8) is 0 Å². The van der Waals surface area contributed by atoms with E-state index in [2.05, 4.69) is 4.72 Å². The van der Waals surface area contributed by atoms with Crippen molar-refractivity contribution in [2.45, 2.75) is 18.8 Å². The fraction of sp³-hybridized carbons (Fsp3) is 0.333. The van der Waals surface area contributed by atoms with Gasteiger partial charge in [-0.25, -0.2) is 13.1 Å². The molecule has 130 valence electrons. The summed E-state index contributed by atoms with van der Waals surface area (Å²) >= 11 is 0. The molecule has 1 N–H and O–H groups in total. The molecule has 24 heavy (non-hydrogen) atoms. The first-order chi connectivity index (χ1) is 11.4. The Morgan fingerprint density at radius 2 is 1.83 bits per heavy atom. The van der Waals surface area contributed by atoms with Crippen LogP contribution in [0.5, 0.6) is 5.75 Å². The number of rotatable bonds is 8. The van der Waals surface area contributed by atoms with Crippen LogP contribution < -0.4 is 9.46 Å². The number of aryl methyl sites for hydroxylation is 1. The summed E-state index contributed by atoms with van der Waals surface area (Å²) in [7, 11) is -0.298. The van der Waals surface area contributed by atoms with Gasteiger partial charge < -0.3 is 9.47 Å². The van der Waals surface area contributed by atoms with Crippen molar-refractivity contribution < 1.29 is 17.9 Å². The molecule has 0 aliphatic heterocycles. The highest BCUT2D eigenvalue weighted by Gasteiger charge is 2.17. The summed E-state index contributed by atoms with van der Waals surface area (Å²) in [5, 5.41) is 0. The minimum absolute atomic E-state index is 0.0524. The first kappa shape index (κ1) is 18.4. The molecule has 0 unspecified atom stereocenters. The second-order valence-electron chi connectivity index (χ2n) is 5.60. The van der Waals surface area contributed by atoms with E-state index >= 15 is 0 Å². The van der Waals surface area contributed by atoms with Crippen molar-refractivity contribution >= 4 is 10.0 Å². The summed E-state index contributed by atoms with van der Waals surface area (Å²) in [4.78, 5) is 0. The van der Waals surface area contributed by atoms with Crippen LogP contribution in [0.2, 0.25) is 0 Å². The first-order valence-corrected chi connectivity index (χ1v) is 9.28. The smallest absolute Gasteiger partial charge is 0.215 e. The Kier molecular flexibility index (Phi) is 6.36. The number of nitrogens with one attached hydrogen (secondary N) is 1. The van der Waals surface area contributed by atoms with Crippen LogP contribution in [0.4, 0.5) is 0 Å². The largest absolute Gasteiger partial charge is 0.497 e. The Labute approximate surface area is 143 Å². The predicted molar refractivity (Wildman–Crippen MR) is 94.5 cm³/mol. The van der Waals surface area contributed by atoms with E-state index in [1.54, 1.807) is 14.2 Å². The molecule has 1 atom stereocenters. The van der Waals surface area contributed by atoms with Crippen LogP contribution in [0.15, 0.2) is 48.5 Å². The number of benzene rings is 2. The van der Waals surface area contributed by atoms with E-state index in [0.717, 1.165) is 16.7 Å². The molecule has 0 radical (unpaired) electrons. The predicted octanol–water partition coefficient (Wildman–Crippen LogP) is 2.81. The molecule has 0 saturated heterocycles. The van der Waals surface area contributed by atoms with Gasteiger partial charge in [0.2, 0.25) is 10.0 Å². The molecule has 0 aliphatic rings. The Morgan fingerprint density at radius 1 is 1.08 bits per heavy atom. The van der Waals surface area contributed by atoms with Crippen LogP contribution in [-0.4, -0.2) is 29.2 Å². The molecule has 0 spiro atoms. The molecule has 0 aliphatic carbocycles. The minimum Gasteiger partial charge on any atom is -0.497 e. The zero-order valence-electron chi connectivity index (χ0n) is 14.2. The van der Waals surface area contributed by atoms with Gasteiger partial charge in [-0.3, -0.25) is 0 Å². The minimum atomic E-state index is -3.44. The van der Waals surface area contributed by atoms with E-state index in [9.17, 15) is 8.42 Å². The van der Waals surface area contributed by atoms with Crippen molar-refractivity contribution in [1.29, 1.82) is 0 Å². The Balaban J connectivity index is 2.03. The van der Waals surface area contributed by atoms with Gasteiger partial charge in [-0.2, -0.15) is 0 Å². The topological polar surface area (TPSA) is 64.6 Å². The zero-order chi connectivity index (χ0) is 17.6. The van der Waals surface area contributed by atoms with Gasteiger partial charge in [-0.1, -0.05) is 42.0 Å². The van der Waals surface area contributed by atoms with E-state index in [1.807, 2.05) is 55.5 Å². The molecule has 6 heteroatoms. The molecule has 2 aromatic rings. The van der Waals surface area contributed by atoms with E-state index in [-0.39, 0.29) is 18.4 Å². The average molecular weight is 349 g/mol. The summed E-state index contributed by atoms with van der Waals surface area (Å²) in [6, 6.07) is 14.9. The van der Waals surface area contributed by atoms with Gasteiger partial charge in [0, 0.05) is 13.7 Å². The van der Waals surface area contributed by atoms with Gasteiger partial charge in [-0.05, 0) is 30.2 Å². The fourth-order valence-corrected chi connectivity index (χ4v) is 3.58. The van der Waals surface area contributed by atoms with Crippen molar-refractivity contribution in [1.82, 2.24) is 4.72 Å². The van der Waals surface area contributed by atoms with Gasteiger partial charge in [0.25, 0.3) is 0 Å². The number of sulfonamides is 1. The third-order valence-corrected chi connectivity index (χ3v) is 5.00. The van der Waals surface area contributed by atoms with Gasteiger partial charge in [0.05, 0.1) is 19.0 Å². The summed E-state index contributed by atoms with van der Waals surface area (Å²) in [6.07, 6.45) is -0.382.